The minimum absolute atomic E-state index is 0.115. The number of carboxylic acids is 1. The second-order valence-electron chi connectivity index (χ2n) is 11.0. The summed E-state index contributed by atoms with van der Waals surface area (Å²) < 4.78 is 5.58. The van der Waals surface area contributed by atoms with Crippen molar-refractivity contribution in [3.05, 3.63) is 40.2 Å². The van der Waals surface area contributed by atoms with Gasteiger partial charge in [-0.3, -0.25) is 9.59 Å². The lowest BCUT2D eigenvalue weighted by Gasteiger charge is -2.21. The second kappa shape index (κ2) is 19.4. The summed E-state index contributed by atoms with van der Waals surface area (Å²) in [5, 5.41) is 12.9. The predicted octanol–water partition coefficient (Wildman–Crippen LogP) is 7.74. The third-order valence-electron chi connectivity index (χ3n) is 7.80. The lowest BCUT2D eigenvalue weighted by atomic mass is 9.99. The predicted molar refractivity (Wildman–Crippen MR) is 165 cm³/mol. The first kappa shape index (κ1) is 33.5. The van der Waals surface area contributed by atoms with Crippen molar-refractivity contribution in [2.45, 2.75) is 123 Å². The summed E-state index contributed by atoms with van der Waals surface area (Å²) in [5.41, 5.74) is 1.05. The molecule has 40 heavy (non-hydrogen) atoms. The van der Waals surface area contributed by atoms with Crippen molar-refractivity contribution in [2.75, 3.05) is 24.5 Å². The quantitative estimate of drug-likeness (QED) is 0.0820. The zero-order valence-electron chi connectivity index (χ0n) is 25.1. The molecule has 0 aliphatic rings. The fraction of sp³-hybridized carbons (Fsp3) is 0.667. The van der Waals surface area contributed by atoms with Gasteiger partial charge in [-0.15, -0.1) is 0 Å². The fourth-order valence-electron chi connectivity index (χ4n) is 5.31. The van der Waals surface area contributed by atoms with E-state index in [2.05, 4.69) is 31.0 Å². The van der Waals surface area contributed by atoms with E-state index in [1.807, 2.05) is 18.2 Å². The molecule has 0 amide bonds. The van der Waals surface area contributed by atoms with Crippen molar-refractivity contribution in [3.8, 4) is 0 Å². The lowest BCUT2D eigenvalue weighted by Crippen LogP contribution is -2.35. The minimum Gasteiger partial charge on any atom is -0.481 e. The van der Waals surface area contributed by atoms with E-state index in [1.165, 1.54) is 38.5 Å². The molecule has 0 saturated carbocycles. The highest BCUT2D eigenvalue weighted by atomic mass is 16.4. The topological polar surface area (TPSA) is 99.8 Å². The van der Waals surface area contributed by atoms with E-state index >= 15 is 0 Å². The molecule has 0 bridgehead atoms. The Morgan fingerprint density at radius 2 is 1.45 bits per heavy atom. The zero-order valence-corrected chi connectivity index (χ0v) is 25.1. The molecule has 0 aliphatic carbocycles. The molecule has 0 radical (unpaired) electrons. The number of unbranched alkanes of at least 4 members (excludes halogenated alkanes) is 10. The number of Topliss-reactive ketones (excluding diaryl/α,β-unsaturated/α-hetero) is 1. The van der Waals surface area contributed by atoms with Crippen LogP contribution in [0.5, 0.6) is 0 Å². The molecular formula is C33H52N2O5. The number of hydrogen-bond donors (Lipinski definition) is 2. The molecular weight excluding hydrogens is 504 g/mol. The SMILES string of the molecule is CCCCCCC(CCCCCCCCCCC(=O)O)NCC(=O)c1cc2ccc(N(CC)CC)cc2oc1=O. The lowest BCUT2D eigenvalue weighted by molar-refractivity contribution is -0.137. The first-order chi connectivity index (χ1) is 19.4. The molecule has 1 unspecified atom stereocenters. The Morgan fingerprint density at radius 3 is 2.05 bits per heavy atom. The van der Waals surface area contributed by atoms with Crippen LogP contribution in [0, 0.1) is 0 Å². The summed E-state index contributed by atoms with van der Waals surface area (Å²) in [4.78, 5) is 38.5. The van der Waals surface area contributed by atoms with Crippen LogP contribution in [0.1, 0.15) is 127 Å². The summed E-state index contributed by atoms with van der Waals surface area (Å²) >= 11 is 0. The van der Waals surface area contributed by atoms with Crippen LogP contribution in [0.4, 0.5) is 5.69 Å². The zero-order chi connectivity index (χ0) is 29.2. The number of carboxylic acid groups (broad SMARTS) is 1. The van der Waals surface area contributed by atoms with Crippen LogP contribution < -0.4 is 15.8 Å². The van der Waals surface area contributed by atoms with Crippen LogP contribution in [0.25, 0.3) is 11.0 Å². The molecule has 0 fully saturated rings. The van der Waals surface area contributed by atoms with Gasteiger partial charge in [0.25, 0.3) is 0 Å². The smallest absolute Gasteiger partial charge is 0.347 e. The molecule has 0 spiro atoms. The van der Waals surface area contributed by atoms with Gasteiger partial charge in [0.1, 0.15) is 11.1 Å². The van der Waals surface area contributed by atoms with Crippen molar-refractivity contribution in [3.63, 3.8) is 0 Å². The number of benzene rings is 1. The molecule has 224 valence electrons. The Morgan fingerprint density at radius 1 is 0.850 bits per heavy atom. The second-order valence-corrected chi connectivity index (χ2v) is 11.0. The van der Waals surface area contributed by atoms with E-state index in [0.717, 1.165) is 75.5 Å². The number of aliphatic carboxylic acids is 1. The molecule has 7 heteroatoms. The third-order valence-corrected chi connectivity index (χ3v) is 7.80. The van der Waals surface area contributed by atoms with Gasteiger partial charge >= 0.3 is 11.6 Å². The maximum absolute atomic E-state index is 13.1. The Balaban J connectivity index is 1.86. The van der Waals surface area contributed by atoms with E-state index in [0.29, 0.717) is 5.58 Å². The van der Waals surface area contributed by atoms with E-state index in [4.69, 9.17) is 9.52 Å². The molecule has 0 aliphatic heterocycles. The summed E-state index contributed by atoms with van der Waals surface area (Å²) in [5.74, 6) is -0.922. The monoisotopic (exact) mass is 556 g/mol. The fourth-order valence-corrected chi connectivity index (χ4v) is 5.31. The number of rotatable bonds is 23. The first-order valence-corrected chi connectivity index (χ1v) is 15.7. The van der Waals surface area contributed by atoms with Crippen LogP contribution in [-0.4, -0.2) is 42.5 Å². The van der Waals surface area contributed by atoms with Gasteiger partial charge in [-0.2, -0.15) is 0 Å². The number of nitrogens with zero attached hydrogens (tertiary/aromatic N) is 1. The number of anilines is 1. The van der Waals surface area contributed by atoms with Gasteiger partial charge in [-0.1, -0.05) is 77.6 Å². The Bertz CT molecular complexity index is 1080. The number of ketones is 1. The van der Waals surface area contributed by atoms with E-state index in [1.54, 1.807) is 6.07 Å². The Kier molecular flexibility index (Phi) is 16.3. The van der Waals surface area contributed by atoms with Crippen molar-refractivity contribution in [1.29, 1.82) is 0 Å². The third kappa shape index (κ3) is 12.2. The number of fused-ring (bicyclic) bond motifs is 1. The average Bonchev–Trinajstić information content (AvgIpc) is 2.94. The molecule has 1 aromatic carbocycles. The number of carbonyl (C=O) groups is 2. The van der Waals surface area contributed by atoms with Gasteiger partial charge in [0.05, 0.1) is 6.54 Å². The standard InChI is InChI=1S/C33H52N2O5/c1-4-7-8-15-18-27(19-16-13-11-9-10-12-14-17-20-32(37)38)34-25-30(36)29-23-26-21-22-28(35(5-2)6-3)24-31(26)40-33(29)39/h21-24,27,34H,4-20,25H2,1-3H3,(H,37,38). The highest BCUT2D eigenvalue weighted by molar-refractivity contribution is 5.99. The van der Waals surface area contributed by atoms with Gasteiger partial charge in [0.15, 0.2) is 5.78 Å². The summed E-state index contributed by atoms with van der Waals surface area (Å²) in [6.45, 7) is 8.26. The van der Waals surface area contributed by atoms with Crippen LogP contribution in [0.15, 0.2) is 33.5 Å². The van der Waals surface area contributed by atoms with E-state index in [9.17, 15) is 14.4 Å². The Hall–Kier alpha value is -2.67. The number of carbonyl (C=O) groups excluding carboxylic acids is 1. The first-order valence-electron chi connectivity index (χ1n) is 15.7. The Labute approximate surface area is 240 Å². The summed E-state index contributed by atoms with van der Waals surface area (Å²) in [7, 11) is 0. The molecule has 7 nitrogen and oxygen atoms in total. The van der Waals surface area contributed by atoms with Gasteiger partial charge in [-0.05, 0) is 51.3 Å². The molecule has 2 N–H and O–H groups in total. The maximum atomic E-state index is 13.1. The molecule has 0 saturated heterocycles. The van der Waals surface area contributed by atoms with Gasteiger partial charge in [-0.25, -0.2) is 4.79 Å². The van der Waals surface area contributed by atoms with Crippen LogP contribution in [-0.2, 0) is 4.79 Å². The largest absolute Gasteiger partial charge is 0.481 e. The minimum atomic E-state index is -0.704. The number of hydrogen-bond acceptors (Lipinski definition) is 6. The van der Waals surface area contributed by atoms with Gasteiger partial charge in [0.2, 0.25) is 0 Å². The van der Waals surface area contributed by atoms with Gasteiger partial charge < -0.3 is 19.7 Å². The van der Waals surface area contributed by atoms with Gasteiger partial charge in [0, 0.05) is 42.7 Å². The van der Waals surface area contributed by atoms with Crippen molar-refractivity contribution in [1.82, 2.24) is 5.32 Å². The average molecular weight is 557 g/mol. The highest BCUT2D eigenvalue weighted by Crippen LogP contribution is 2.22. The maximum Gasteiger partial charge on any atom is 0.347 e. The van der Waals surface area contributed by atoms with Crippen LogP contribution >= 0.6 is 0 Å². The van der Waals surface area contributed by atoms with Crippen LogP contribution in [0.3, 0.4) is 0 Å². The molecule has 1 atom stereocenters. The van der Waals surface area contributed by atoms with Crippen molar-refractivity contribution >= 4 is 28.4 Å². The molecule has 2 aromatic rings. The van der Waals surface area contributed by atoms with Crippen LogP contribution in [0.2, 0.25) is 0 Å². The summed E-state index contributed by atoms with van der Waals surface area (Å²) in [6.07, 6.45) is 15.8. The number of nitrogens with one attached hydrogen (secondary N) is 1. The molecule has 1 aromatic heterocycles. The molecule has 1 heterocycles. The summed E-state index contributed by atoms with van der Waals surface area (Å²) in [6, 6.07) is 7.74. The van der Waals surface area contributed by atoms with E-state index < -0.39 is 11.6 Å². The molecule has 2 rings (SSSR count). The van der Waals surface area contributed by atoms with E-state index in [-0.39, 0.29) is 30.4 Å². The van der Waals surface area contributed by atoms with Crippen molar-refractivity contribution in [2.24, 2.45) is 0 Å². The normalized spacial score (nSPS) is 12.1. The highest BCUT2D eigenvalue weighted by Gasteiger charge is 2.17. The van der Waals surface area contributed by atoms with Crippen molar-refractivity contribution < 1.29 is 19.1 Å².